The Morgan fingerprint density at radius 2 is 2.04 bits per heavy atom. The first-order chi connectivity index (χ1) is 13.0. The number of amides is 1. The van der Waals surface area contributed by atoms with Crippen LogP contribution in [0.25, 0.3) is 5.95 Å². The number of anilines is 1. The van der Waals surface area contributed by atoms with Crippen LogP contribution in [0.2, 0.25) is 0 Å². The van der Waals surface area contributed by atoms with Gasteiger partial charge in [-0.25, -0.2) is 4.98 Å². The third-order valence-electron chi connectivity index (χ3n) is 5.37. The maximum absolute atomic E-state index is 12.4. The van der Waals surface area contributed by atoms with Crippen LogP contribution in [0.5, 0.6) is 0 Å². The molecule has 1 fully saturated rings. The van der Waals surface area contributed by atoms with Crippen molar-refractivity contribution in [1.29, 1.82) is 0 Å². The first kappa shape index (κ1) is 19.3. The van der Waals surface area contributed by atoms with Crippen LogP contribution in [0, 0.1) is 19.8 Å². The molecule has 1 amide bonds. The molecule has 0 unspecified atom stereocenters. The Morgan fingerprint density at radius 1 is 1.30 bits per heavy atom. The Labute approximate surface area is 159 Å². The molecule has 0 aromatic carbocycles. The molecular weight excluding hydrogens is 342 g/mol. The van der Waals surface area contributed by atoms with E-state index in [2.05, 4.69) is 20.4 Å². The number of aromatic nitrogens is 4. The van der Waals surface area contributed by atoms with Gasteiger partial charge in [-0.15, -0.1) is 0 Å². The lowest BCUT2D eigenvalue weighted by Gasteiger charge is -2.21. The van der Waals surface area contributed by atoms with Crippen molar-refractivity contribution in [3.8, 4) is 5.95 Å². The topological polar surface area (TPSA) is 92.7 Å². The molecule has 2 N–H and O–H groups in total. The van der Waals surface area contributed by atoms with E-state index in [1.165, 1.54) is 36.8 Å². The molecule has 0 atom stereocenters. The number of hydrogen-bond acceptors (Lipinski definition) is 4. The van der Waals surface area contributed by atoms with Crippen LogP contribution in [-0.2, 0) is 11.2 Å². The Balaban J connectivity index is 1.74. The zero-order valence-electron chi connectivity index (χ0n) is 16.5. The van der Waals surface area contributed by atoms with Gasteiger partial charge in [0.1, 0.15) is 5.82 Å². The van der Waals surface area contributed by atoms with Crippen LogP contribution in [0.4, 0.5) is 5.82 Å². The second-order valence-corrected chi connectivity index (χ2v) is 7.48. The lowest BCUT2D eigenvalue weighted by molar-refractivity contribution is -0.116. The molecule has 2 heterocycles. The summed E-state index contributed by atoms with van der Waals surface area (Å²) in [5.41, 5.74) is 1.93. The fourth-order valence-corrected chi connectivity index (χ4v) is 3.88. The van der Waals surface area contributed by atoms with E-state index in [1.54, 1.807) is 6.07 Å². The average molecular weight is 371 g/mol. The van der Waals surface area contributed by atoms with Gasteiger partial charge < -0.3 is 5.32 Å². The van der Waals surface area contributed by atoms with Gasteiger partial charge in [0.05, 0.1) is 5.69 Å². The first-order valence-corrected chi connectivity index (χ1v) is 9.94. The van der Waals surface area contributed by atoms with Crippen LogP contribution in [0.3, 0.4) is 0 Å². The molecule has 3 rings (SSSR count). The molecule has 146 valence electrons. The summed E-state index contributed by atoms with van der Waals surface area (Å²) in [4.78, 5) is 31.9. The SMILES string of the molecule is CCc1c(C)nc(-n2nc(C)cc2NC(=O)CCC2CCCCC2)[nH]c1=O. The van der Waals surface area contributed by atoms with Gasteiger partial charge in [0.2, 0.25) is 11.9 Å². The van der Waals surface area contributed by atoms with E-state index in [-0.39, 0.29) is 11.5 Å². The van der Waals surface area contributed by atoms with Gasteiger partial charge in [0, 0.05) is 23.7 Å². The number of nitrogens with zero attached hydrogens (tertiary/aromatic N) is 3. The van der Waals surface area contributed by atoms with E-state index in [0.29, 0.717) is 41.8 Å². The molecule has 0 spiro atoms. The standard InChI is InChI=1S/C20H29N5O2/c1-4-16-14(3)21-20(23-19(16)27)25-17(12-13(2)24-25)22-18(26)11-10-15-8-6-5-7-9-15/h12,15H,4-11H2,1-3H3,(H,22,26)(H,21,23,27). The van der Waals surface area contributed by atoms with E-state index >= 15 is 0 Å². The molecule has 2 aromatic heterocycles. The summed E-state index contributed by atoms with van der Waals surface area (Å²) >= 11 is 0. The van der Waals surface area contributed by atoms with Crippen LogP contribution in [0.15, 0.2) is 10.9 Å². The molecule has 0 aliphatic heterocycles. The monoisotopic (exact) mass is 371 g/mol. The Bertz CT molecular complexity index is 862. The number of carbonyl (C=O) groups excluding carboxylic acids is 1. The first-order valence-electron chi connectivity index (χ1n) is 9.94. The summed E-state index contributed by atoms with van der Waals surface area (Å²) < 4.78 is 1.50. The lowest BCUT2D eigenvalue weighted by atomic mass is 9.86. The molecule has 0 saturated heterocycles. The highest BCUT2D eigenvalue weighted by Crippen LogP contribution is 2.27. The van der Waals surface area contributed by atoms with Crippen LogP contribution < -0.4 is 10.9 Å². The smallest absolute Gasteiger partial charge is 0.255 e. The van der Waals surface area contributed by atoms with E-state index in [0.717, 1.165) is 12.1 Å². The highest BCUT2D eigenvalue weighted by atomic mass is 16.1. The van der Waals surface area contributed by atoms with Gasteiger partial charge in [-0.05, 0) is 32.6 Å². The van der Waals surface area contributed by atoms with Gasteiger partial charge in [-0.3, -0.25) is 14.6 Å². The minimum atomic E-state index is -0.164. The number of hydrogen-bond donors (Lipinski definition) is 2. The van der Waals surface area contributed by atoms with Crippen LogP contribution in [0.1, 0.15) is 68.8 Å². The summed E-state index contributed by atoms with van der Waals surface area (Å²) in [6.07, 6.45) is 8.41. The normalized spacial score (nSPS) is 15.1. The van der Waals surface area contributed by atoms with E-state index in [1.807, 2.05) is 20.8 Å². The quantitative estimate of drug-likeness (QED) is 0.813. The summed E-state index contributed by atoms with van der Waals surface area (Å²) in [6, 6.07) is 1.79. The van der Waals surface area contributed by atoms with Gasteiger partial charge >= 0.3 is 0 Å². The predicted octanol–water partition coefficient (Wildman–Crippen LogP) is 3.43. The van der Waals surface area contributed by atoms with Gasteiger partial charge in [-0.1, -0.05) is 39.0 Å². The van der Waals surface area contributed by atoms with Crippen molar-refractivity contribution in [3.63, 3.8) is 0 Å². The van der Waals surface area contributed by atoms with Gasteiger partial charge in [0.15, 0.2) is 0 Å². The molecule has 1 aliphatic rings. The molecule has 0 radical (unpaired) electrons. The molecule has 1 saturated carbocycles. The lowest BCUT2D eigenvalue weighted by Crippen LogP contribution is -2.22. The van der Waals surface area contributed by atoms with Gasteiger partial charge in [0.25, 0.3) is 5.56 Å². The highest BCUT2D eigenvalue weighted by Gasteiger charge is 2.17. The summed E-state index contributed by atoms with van der Waals surface area (Å²) in [6.45, 7) is 5.59. The van der Waals surface area contributed by atoms with Crippen molar-refractivity contribution in [2.75, 3.05) is 5.32 Å². The summed E-state index contributed by atoms with van der Waals surface area (Å²) in [5.74, 6) is 1.50. The molecule has 7 nitrogen and oxygen atoms in total. The number of nitrogens with one attached hydrogen (secondary N) is 2. The maximum Gasteiger partial charge on any atom is 0.255 e. The van der Waals surface area contributed by atoms with Gasteiger partial charge in [-0.2, -0.15) is 9.78 Å². The molecule has 27 heavy (non-hydrogen) atoms. The Morgan fingerprint density at radius 3 is 2.70 bits per heavy atom. The van der Waals surface area contributed by atoms with Crippen molar-refractivity contribution in [3.05, 3.63) is 33.4 Å². The Hall–Kier alpha value is -2.44. The molecular formula is C20H29N5O2. The fourth-order valence-electron chi connectivity index (χ4n) is 3.88. The molecule has 7 heteroatoms. The fraction of sp³-hybridized carbons (Fsp3) is 0.600. The number of rotatable bonds is 6. The summed E-state index contributed by atoms with van der Waals surface area (Å²) in [5, 5.41) is 7.33. The number of carbonyl (C=O) groups is 1. The number of aromatic amines is 1. The van der Waals surface area contributed by atoms with Crippen molar-refractivity contribution >= 4 is 11.7 Å². The van der Waals surface area contributed by atoms with Crippen molar-refractivity contribution in [1.82, 2.24) is 19.7 Å². The predicted molar refractivity (Wildman–Crippen MR) is 105 cm³/mol. The zero-order chi connectivity index (χ0) is 19.4. The van der Waals surface area contributed by atoms with Crippen molar-refractivity contribution in [2.45, 2.75) is 72.1 Å². The third-order valence-corrected chi connectivity index (χ3v) is 5.37. The molecule has 1 aliphatic carbocycles. The zero-order valence-corrected chi connectivity index (χ0v) is 16.5. The largest absolute Gasteiger partial charge is 0.310 e. The Kier molecular flexibility index (Phi) is 6.08. The van der Waals surface area contributed by atoms with Crippen molar-refractivity contribution < 1.29 is 4.79 Å². The minimum absolute atomic E-state index is 0.0222. The van der Waals surface area contributed by atoms with Crippen LogP contribution >= 0.6 is 0 Å². The van der Waals surface area contributed by atoms with E-state index < -0.39 is 0 Å². The number of aryl methyl sites for hydroxylation is 2. The highest BCUT2D eigenvalue weighted by molar-refractivity contribution is 5.90. The molecule has 2 aromatic rings. The number of H-pyrrole nitrogens is 1. The van der Waals surface area contributed by atoms with E-state index in [4.69, 9.17) is 0 Å². The second kappa shape index (κ2) is 8.50. The average Bonchev–Trinajstić information content (AvgIpc) is 3.01. The van der Waals surface area contributed by atoms with E-state index in [9.17, 15) is 9.59 Å². The maximum atomic E-state index is 12.4. The third kappa shape index (κ3) is 4.64. The van der Waals surface area contributed by atoms with Crippen LogP contribution in [-0.4, -0.2) is 25.7 Å². The molecule has 0 bridgehead atoms. The van der Waals surface area contributed by atoms with Crippen molar-refractivity contribution in [2.24, 2.45) is 5.92 Å². The second-order valence-electron chi connectivity index (χ2n) is 7.48. The summed E-state index contributed by atoms with van der Waals surface area (Å²) in [7, 11) is 0. The minimum Gasteiger partial charge on any atom is -0.310 e.